The van der Waals surface area contributed by atoms with E-state index in [9.17, 15) is 18.5 Å². The number of nitrogens with zero attached hydrogens (tertiary/aromatic N) is 2. The van der Waals surface area contributed by atoms with Gasteiger partial charge in [-0.15, -0.1) is 0 Å². The van der Waals surface area contributed by atoms with Crippen molar-refractivity contribution >= 4 is 15.7 Å². The van der Waals surface area contributed by atoms with Gasteiger partial charge in [0.15, 0.2) is 0 Å². The zero-order chi connectivity index (χ0) is 15.5. The lowest BCUT2D eigenvalue weighted by Crippen LogP contribution is -2.26. The van der Waals surface area contributed by atoms with Crippen molar-refractivity contribution in [3.05, 3.63) is 70.3 Å². The number of benzene rings is 2. The molecule has 0 radical (unpaired) electrons. The minimum absolute atomic E-state index is 0.0210. The third-order valence-electron chi connectivity index (χ3n) is 3.00. The quantitative estimate of drug-likeness (QED) is 0.627. The van der Waals surface area contributed by atoms with E-state index in [0.29, 0.717) is 5.56 Å². The van der Waals surface area contributed by atoms with E-state index in [-0.39, 0.29) is 17.1 Å². The molecule has 0 atom stereocenters. The van der Waals surface area contributed by atoms with Crippen molar-refractivity contribution in [1.82, 2.24) is 4.31 Å². The van der Waals surface area contributed by atoms with Gasteiger partial charge >= 0.3 is 0 Å². The minimum Gasteiger partial charge on any atom is -0.258 e. The third kappa shape index (κ3) is 3.45. The van der Waals surface area contributed by atoms with E-state index >= 15 is 0 Å². The molecule has 0 heterocycles. The smallest absolute Gasteiger partial charge is 0.258 e. The maximum atomic E-state index is 12.3. The molecule has 2 rings (SSSR count). The van der Waals surface area contributed by atoms with Crippen molar-refractivity contribution in [1.29, 1.82) is 0 Å². The Bertz CT molecular complexity index is 727. The van der Waals surface area contributed by atoms with Gasteiger partial charge in [-0.25, -0.2) is 8.42 Å². The fourth-order valence-electron chi connectivity index (χ4n) is 1.84. The van der Waals surface area contributed by atoms with E-state index in [1.807, 2.05) is 0 Å². The number of nitro groups is 1. The Labute approximate surface area is 122 Å². The van der Waals surface area contributed by atoms with Crippen molar-refractivity contribution < 1.29 is 13.3 Å². The Kier molecular flexibility index (Phi) is 4.35. The summed E-state index contributed by atoms with van der Waals surface area (Å²) in [7, 11) is -2.09. The molecule has 7 heteroatoms. The van der Waals surface area contributed by atoms with Crippen molar-refractivity contribution in [3.63, 3.8) is 0 Å². The first-order valence-electron chi connectivity index (χ1n) is 6.16. The molecule has 21 heavy (non-hydrogen) atoms. The summed E-state index contributed by atoms with van der Waals surface area (Å²) in [5.41, 5.74) is 0.662. The summed E-state index contributed by atoms with van der Waals surface area (Å²) in [5, 5.41) is 10.6. The molecule has 110 valence electrons. The molecule has 0 bridgehead atoms. The molecule has 0 fully saturated rings. The molecule has 0 spiro atoms. The minimum atomic E-state index is -3.56. The Hall–Kier alpha value is -2.25. The molecule has 2 aromatic carbocycles. The summed E-state index contributed by atoms with van der Waals surface area (Å²) < 4.78 is 25.9. The lowest BCUT2D eigenvalue weighted by Gasteiger charge is -2.17. The van der Waals surface area contributed by atoms with E-state index in [1.54, 1.807) is 30.3 Å². The second kappa shape index (κ2) is 6.02. The molecule has 0 saturated carbocycles. The van der Waals surface area contributed by atoms with Gasteiger partial charge in [0.05, 0.1) is 9.82 Å². The summed E-state index contributed by atoms with van der Waals surface area (Å²) in [6, 6.07) is 13.9. The SMILES string of the molecule is CN(Cc1ccc([N+](=O)[O-])cc1)S(=O)(=O)c1ccccc1. The average molecular weight is 306 g/mol. The highest BCUT2D eigenvalue weighted by Crippen LogP contribution is 2.18. The lowest BCUT2D eigenvalue weighted by atomic mass is 10.2. The van der Waals surface area contributed by atoms with Crippen LogP contribution in [0.15, 0.2) is 59.5 Å². The van der Waals surface area contributed by atoms with Gasteiger partial charge in [-0.05, 0) is 17.7 Å². The standard InChI is InChI=1S/C14H14N2O4S/c1-15(21(19,20)14-5-3-2-4-6-14)11-12-7-9-13(10-8-12)16(17)18/h2-10H,11H2,1H3. The molecule has 0 saturated heterocycles. The molecule has 0 unspecified atom stereocenters. The molecule has 0 aliphatic carbocycles. The zero-order valence-corrected chi connectivity index (χ0v) is 12.2. The summed E-state index contributed by atoms with van der Waals surface area (Å²) in [4.78, 5) is 10.3. The van der Waals surface area contributed by atoms with Crippen LogP contribution < -0.4 is 0 Å². The van der Waals surface area contributed by atoms with Gasteiger partial charge in [-0.1, -0.05) is 30.3 Å². The van der Waals surface area contributed by atoms with Crippen LogP contribution in [0.25, 0.3) is 0 Å². The van der Waals surface area contributed by atoms with Crippen molar-refractivity contribution in [2.75, 3.05) is 7.05 Å². The fraction of sp³-hybridized carbons (Fsp3) is 0.143. The monoisotopic (exact) mass is 306 g/mol. The van der Waals surface area contributed by atoms with Crippen LogP contribution in [0.3, 0.4) is 0 Å². The highest BCUT2D eigenvalue weighted by atomic mass is 32.2. The van der Waals surface area contributed by atoms with Crippen LogP contribution in [0.4, 0.5) is 5.69 Å². The Morgan fingerprint density at radius 3 is 2.14 bits per heavy atom. The average Bonchev–Trinajstić information content (AvgIpc) is 2.48. The maximum Gasteiger partial charge on any atom is 0.269 e. The van der Waals surface area contributed by atoms with Crippen molar-refractivity contribution in [2.45, 2.75) is 11.4 Å². The molecule has 0 aromatic heterocycles. The number of non-ortho nitro benzene ring substituents is 1. The second-order valence-electron chi connectivity index (χ2n) is 4.50. The molecule has 0 aliphatic heterocycles. The molecule has 6 nitrogen and oxygen atoms in total. The van der Waals surface area contributed by atoms with Gasteiger partial charge in [-0.2, -0.15) is 4.31 Å². The first-order valence-corrected chi connectivity index (χ1v) is 7.60. The summed E-state index contributed by atoms with van der Waals surface area (Å²) in [6.45, 7) is 0.148. The van der Waals surface area contributed by atoms with Crippen LogP contribution in [-0.4, -0.2) is 24.7 Å². The third-order valence-corrected chi connectivity index (χ3v) is 4.82. The van der Waals surface area contributed by atoms with E-state index < -0.39 is 14.9 Å². The van der Waals surface area contributed by atoms with Crippen LogP contribution >= 0.6 is 0 Å². The van der Waals surface area contributed by atoms with Crippen LogP contribution in [-0.2, 0) is 16.6 Å². The second-order valence-corrected chi connectivity index (χ2v) is 6.54. The van der Waals surface area contributed by atoms with Crippen molar-refractivity contribution in [3.8, 4) is 0 Å². The summed E-state index contributed by atoms with van der Waals surface area (Å²) in [6.07, 6.45) is 0. The number of hydrogen-bond donors (Lipinski definition) is 0. The van der Waals surface area contributed by atoms with Gasteiger partial charge in [-0.3, -0.25) is 10.1 Å². The normalized spacial score (nSPS) is 11.5. The Morgan fingerprint density at radius 1 is 1.05 bits per heavy atom. The van der Waals surface area contributed by atoms with E-state index in [4.69, 9.17) is 0 Å². The van der Waals surface area contributed by atoms with Crippen LogP contribution in [0.2, 0.25) is 0 Å². The van der Waals surface area contributed by atoms with Gasteiger partial charge in [0.1, 0.15) is 0 Å². The van der Waals surface area contributed by atoms with Gasteiger partial charge in [0, 0.05) is 25.7 Å². The lowest BCUT2D eigenvalue weighted by molar-refractivity contribution is -0.384. The fourth-order valence-corrected chi connectivity index (χ4v) is 3.02. The van der Waals surface area contributed by atoms with E-state index in [2.05, 4.69) is 0 Å². The molecular weight excluding hydrogens is 292 g/mol. The van der Waals surface area contributed by atoms with Gasteiger partial charge in [0.2, 0.25) is 10.0 Å². The maximum absolute atomic E-state index is 12.3. The molecule has 0 aliphatic rings. The van der Waals surface area contributed by atoms with Gasteiger partial charge in [0.25, 0.3) is 5.69 Å². The summed E-state index contributed by atoms with van der Waals surface area (Å²) >= 11 is 0. The number of sulfonamides is 1. The van der Waals surface area contributed by atoms with Crippen LogP contribution in [0.5, 0.6) is 0 Å². The van der Waals surface area contributed by atoms with Crippen molar-refractivity contribution in [2.24, 2.45) is 0 Å². The van der Waals surface area contributed by atoms with E-state index in [0.717, 1.165) is 0 Å². The molecule has 0 N–H and O–H groups in total. The highest BCUT2D eigenvalue weighted by Gasteiger charge is 2.20. The first-order chi connectivity index (χ1) is 9.91. The predicted molar refractivity (Wildman–Crippen MR) is 78.2 cm³/mol. The molecule has 0 amide bonds. The van der Waals surface area contributed by atoms with E-state index in [1.165, 1.54) is 35.6 Å². The topological polar surface area (TPSA) is 80.5 Å². The predicted octanol–water partition coefficient (Wildman–Crippen LogP) is 2.42. The Morgan fingerprint density at radius 2 is 1.62 bits per heavy atom. The summed E-state index contributed by atoms with van der Waals surface area (Å²) in [5.74, 6) is 0. The molecule has 2 aromatic rings. The number of hydrogen-bond acceptors (Lipinski definition) is 4. The largest absolute Gasteiger partial charge is 0.269 e. The first kappa shape index (κ1) is 15.1. The van der Waals surface area contributed by atoms with Gasteiger partial charge < -0.3 is 0 Å². The van der Waals surface area contributed by atoms with Crippen LogP contribution in [0, 0.1) is 10.1 Å². The zero-order valence-electron chi connectivity index (χ0n) is 11.3. The van der Waals surface area contributed by atoms with Crippen LogP contribution in [0.1, 0.15) is 5.56 Å². The number of nitro benzene ring substituents is 1. The highest BCUT2D eigenvalue weighted by molar-refractivity contribution is 7.89. The number of rotatable bonds is 5. The molecular formula is C14H14N2O4S. The Balaban J connectivity index is 2.18.